The van der Waals surface area contributed by atoms with Crippen LogP contribution < -0.4 is 0 Å². The molecule has 147 heavy (non-hydrogen) atoms. The van der Waals surface area contributed by atoms with Crippen LogP contribution in [0.4, 0.5) is 0 Å². The van der Waals surface area contributed by atoms with Crippen LogP contribution >= 0.6 is 82.2 Å². The molecule has 35 heteroatoms. The molecule has 0 spiro atoms. The van der Waals surface area contributed by atoms with Gasteiger partial charge in [-0.25, -0.2) is 0 Å². The second-order valence-electron chi connectivity index (χ2n) is 29.3. The third kappa shape index (κ3) is 52.4. The summed E-state index contributed by atoms with van der Waals surface area (Å²) in [4.78, 5) is 34.7. The summed E-state index contributed by atoms with van der Waals surface area (Å²) < 4.78 is 153. The highest BCUT2D eigenvalue weighted by molar-refractivity contribution is 8.17. The van der Waals surface area contributed by atoms with Crippen molar-refractivity contribution in [1.82, 2.24) is 0 Å². The molecule has 4 aliphatic rings. The quantitative estimate of drug-likeness (QED) is 0.0269. The van der Waals surface area contributed by atoms with Crippen molar-refractivity contribution in [3.63, 3.8) is 0 Å². The van der Waals surface area contributed by atoms with E-state index in [0.29, 0.717) is 12.5 Å². The summed E-state index contributed by atoms with van der Waals surface area (Å²) in [6.07, 6.45) is 32.4. The number of allylic oxidation sites excluding steroid dienone is 17. The highest BCUT2D eigenvalue weighted by Gasteiger charge is 2.25. The first-order chi connectivity index (χ1) is 68.3. The normalized spacial score (nSPS) is 12.9. The summed E-state index contributed by atoms with van der Waals surface area (Å²) in [5, 5.41) is 18.6. The van der Waals surface area contributed by atoms with Crippen LogP contribution in [0.3, 0.4) is 0 Å². The van der Waals surface area contributed by atoms with E-state index in [0.717, 1.165) is 62.8 Å². The van der Waals surface area contributed by atoms with Crippen molar-refractivity contribution < 1.29 is 96.3 Å². The summed E-state index contributed by atoms with van der Waals surface area (Å²) in [6, 6.07) is 109. The van der Waals surface area contributed by atoms with Gasteiger partial charge in [-0.05, 0) is 201 Å². The molecule has 16 rings (SSSR count). The van der Waals surface area contributed by atoms with Crippen LogP contribution in [0.5, 0.6) is 0 Å². The summed E-state index contributed by atoms with van der Waals surface area (Å²) in [7, 11) is -19.8. The number of carbonyl (C=O) groups is 2. The Morgan fingerprint density at radius 2 is 0.585 bits per heavy atom. The Morgan fingerprint density at radius 3 is 0.850 bits per heavy atom. The van der Waals surface area contributed by atoms with E-state index < -0.39 is 74.6 Å². The van der Waals surface area contributed by atoms with Crippen LogP contribution in [0.1, 0.15) is 128 Å². The maximum absolute atomic E-state index is 11.4. The molecule has 0 radical (unpaired) electrons. The highest BCUT2D eigenvalue weighted by Crippen LogP contribution is 2.48. The smallest absolute Gasteiger partial charge is 0.425 e. The lowest BCUT2D eigenvalue weighted by Crippen LogP contribution is -1.99. The summed E-state index contributed by atoms with van der Waals surface area (Å²) >= 11 is 20.1. The number of rotatable bonds is 20. The Bertz CT molecular complexity index is 7040. The van der Waals surface area contributed by atoms with Gasteiger partial charge >= 0.3 is 54.4 Å². The van der Waals surface area contributed by atoms with Gasteiger partial charge in [0.15, 0.2) is 0 Å². The van der Waals surface area contributed by atoms with Crippen LogP contribution in [-0.2, 0) is 85.1 Å². The Morgan fingerprint density at radius 1 is 0.354 bits per heavy atom. The second-order valence-corrected chi connectivity index (χ2v) is 40.2. The zero-order valence-electron chi connectivity index (χ0n) is 77.6. The SMILES string of the molecule is C.C.C.C.CC.CC.CS(=O)(=O)O.CS(=O)(=O)O.ClC1=C(/C=C/c2cc(-c3ccccc3)[s+]c(-c3ccccc3)c2)CC/C1=C\C=C1C=C(c2ccccc2)SC(c2ccccc2)=C1.O=C(O)Cc1ccc(S)cc1.O=C(O)Cc1ccc(SC2=C(/C=C/c3cc(-c4ccccc4)[s+]c(-c4ccccc4)c3)CC/C2=C\C=C2C=C(c3ccccc3)SC(c3ccccc3)=C2)cc1.O=S(=O)=O.O=S(=O)=O.O=S(=O)=O.O=S(=O)=O. The van der Waals surface area contributed by atoms with E-state index in [4.69, 9.17) is 76.3 Å². The van der Waals surface area contributed by atoms with Gasteiger partial charge in [-0.3, -0.25) is 18.7 Å². The molecule has 0 fully saturated rings. The number of aliphatic carboxylic acids is 2. The fraction of sp³-hybridized carbons (Fsp3) is 0.143. The highest BCUT2D eigenvalue weighted by atomic mass is 35.5. The minimum atomic E-state index is -3.67. The third-order valence-electron chi connectivity index (χ3n) is 18.9. The summed E-state index contributed by atoms with van der Waals surface area (Å²) in [5.74, 6) is -1.63. The van der Waals surface area contributed by atoms with E-state index in [9.17, 15) is 31.5 Å². The minimum absolute atomic E-state index is 0. The molecule has 0 amide bonds. The fourth-order valence-electron chi connectivity index (χ4n) is 13.1. The minimum Gasteiger partial charge on any atom is -0.481 e. The fourth-order valence-corrected chi connectivity index (χ4v) is 19.2. The molecule has 2 aromatic heterocycles. The number of carboxylic acids is 2. The van der Waals surface area contributed by atoms with E-state index in [1.807, 2.05) is 98.2 Å². The summed E-state index contributed by atoms with van der Waals surface area (Å²) in [5.41, 5.74) is 21.0. The first-order valence-corrected chi connectivity index (χ1v) is 55.8. The molecule has 4 N–H and O–H groups in total. The Balaban J connectivity index is 0.000000711. The van der Waals surface area contributed by atoms with Gasteiger partial charge in [-0.15, -0.1) is 63.1 Å². The molecule has 772 valence electrons. The van der Waals surface area contributed by atoms with Crippen molar-refractivity contribution in [2.75, 3.05) is 12.5 Å². The zero-order chi connectivity index (χ0) is 105. The number of thioether (sulfide) groups is 3. The van der Waals surface area contributed by atoms with Crippen LogP contribution in [-0.4, -0.2) is 111 Å². The number of hydrogen-bond acceptors (Lipinski definition) is 22. The molecule has 0 saturated carbocycles. The van der Waals surface area contributed by atoms with E-state index >= 15 is 0 Å². The van der Waals surface area contributed by atoms with Gasteiger partial charge in [-0.2, -0.15) is 16.8 Å². The molecule has 12 aromatic rings. The zero-order valence-corrected chi connectivity index (χ0v) is 88.3. The maximum Gasteiger partial charge on any atom is 0.425 e. The molecular weight excluding hydrogens is 2120 g/mol. The van der Waals surface area contributed by atoms with Crippen LogP contribution in [0.2, 0.25) is 0 Å². The van der Waals surface area contributed by atoms with Crippen LogP contribution in [0.15, 0.2) is 429 Å². The van der Waals surface area contributed by atoms with Crippen molar-refractivity contribution in [2.45, 2.75) is 106 Å². The van der Waals surface area contributed by atoms with Crippen molar-refractivity contribution in [2.24, 2.45) is 0 Å². The van der Waals surface area contributed by atoms with E-state index in [-0.39, 0.29) is 42.5 Å². The van der Waals surface area contributed by atoms with E-state index in [2.05, 4.69) is 352 Å². The van der Waals surface area contributed by atoms with Crippen molar-refractivity contribution in [3.05, 3.63) is 464 Å². The van der Waals surface area contributed by atoms with E-state index in [1.165, 1.54) is 122 Å². The second kappa shape index (κ2) is 70.1. The predicted octanol–water partition coefficient (Wildman–Crippen LogP) is 29.1. The van der Waals surface area contributed by atoms with Gasteiger partial charge in [0.2, 0.25) is 42.2 Å². The molecular formula is C112H115ClO22S12+2. The third-order valence-corrected chi connectivity index (χ3v) is 25.5. The van der Waals surface area contributed by atoms with Crippen molar-refractivity contribution in [3.8, 4) is 41.8 Å². The lowest BCUT2D eigenvalue weighted by atomic mass is 10.1. The predicted molar refractivity (Wildman–Crippen MR) is 613 cm³/mol. The topological polar surface area (TPSA) is 388 Å². The number of halogens is 1. The summed E-state index contributed by atoms with van der Waals surface area (Å²) in [6.45, 7) is 8.00. The van der Waals surface area contributed by atoms with Gasteiger partial charge in [0.05, 0.1) is 25.4 Å². The number of benzene rings is 10. The van der Waals surface area contributed by atoms with Gasteiger partial charge in [0.25, 0.3) is 20.2 Å². The van der Waals surface area contributed by atoms with Crippen LogP contribution in [0.25, 0.3) is 73.5 Å². The van der Waals surface area contributed by atoms with Crippen LogP contribution in [0, 0.1) is 0 Å². The standard InChI is InChI=1S/C51H38O2S3.C43H32ClS2.C8H8O2S.2C2H6.2CH4O3S.4CH4.4O3S/c52-50(53)35-36-23-29-45(30-24-36)54-51-43(25-21-37-31-46(39-13-5-1-6-14-39)55-47(32-37)40-15-7-2-8-16-40)27-28-44(51)26-22-38-33-48(41-17-9-3-10-18-41)56-49(34-38)42-19-11-4-12-20-42;44-43-37(23-21-31-27-39(33-13-5-1-6-14-33)45-40(28-31)34-15-7-2-8-16-34)25-26-38(43)24-22-32-29-41(35-17-9-3-10-18-35)46-42(30-32)36-19-11-4-12-20-36;9-8(10)5-6-1-3-7(11)4-2-6;2*1-2;2*1-5(2,3)4;;;;;4*1-4(2)3/h1-26,29-34H,27-28,35H2;1-24,27-30H,25-26H2;1-4,11H,5H2,(H,9,10);2*1-2H3;2*1H3,(H,2,3,4);4*1H4;;;;/q;+1;;;;;;;;;;;;;/p+1. The number of hydrogen-bond donors (Lipinski definition) is 5. The lowest BCUT2D eigenvalue weighted by molar-refractivity contribution is -0.137. The average Bonchev–Trinajstić information content (AvgIpc) is 1.54. The Labute approximate surface area is 900 Å². The van der Waals surface area contributed by atoms with Crippen molar-refractivity contribution in [1.29, 1.82) is 0 Å². The maximum atomic E-state index is 11.4. The van der Waals surface area contributed by atoms with E-state index in [1.54, 1.807) is 36.0 Å². The first kappa shape index (κ1) is 130. The molecule has 0 atom stereocenters. The molecule has 2 aliphatic carbocycles. The number of thiol groups is 1. The largest absolute Gasteiger partial charge is 0.481 e. The molecule has 0 bridgehead atoms. The number of carboxylic acid groups (broad SMARTS) is 2. The Hall–Kier alpha value is -12.9. The van der Waals surface area contributed by atoms with Gasteiger partial charge in [-0.1, -0.05) is 371 Å². The molecule has 0 unspecified atom stereocenters. The molecule has 22 nitrogen and oxygen atoms in total. The van der Waals surface area contributed by atoms with Crippen molar-refractivity contribution >= 4 is 189 Å². The molecule has 2 aliphatic heterocycles. The molecule has 0 saturated heterocycles. The average molecular weight is 2230 g/mol. The Kier molecular flexibility index (Phi) is 62.1. The van der Waals surface area contributed by atoms with Gasteiger partial charge in [0, 0.05) is 85.9 Å². The lowest BCUT2D eigenvalue weighted by Gasteiger charge is -2.17. The molecule has 4 heterocycles. The monoisotopic (exact) mass is 2230 g/mol. The van der Waals surface area contributed by atoms with Gasteiger partial charge in [0.1, 0.15) is 0 Å². The van der Waals surface area contributed by atoms with Gasteiger partial charge < -0.3 is 10.2 Å². The first-order valence-electron chi connectivity index (χ1n) is 43.2. The molecule has 10 aromatic carbocycles.